The predicted molar refractivity (Wildman–Crippen MR) is 58.7 cm³/mol. The maximum atomic E-state index is 10.4. The number of fused-ring (bicyclic) bond motifs is 1. The third-order valence-electron chi connectivity index (χ3n) is 3.02. The van der Waals surface area contributed by atoms with E-state index in [9.17, 15) is 5.11 Å². The van der Waals surface area contributed by atoms with Gasteiger partial charge in [-0.2, -0.15) is 0 Å². The van der Waals surface area contributed by atoms with Gasteiger partial charge in [-0.1, -0.05) is 6.07 Å². The number of aliphatic hydroxyl groups is 1. The van der Waals surface area contributed by atoms with Gasteiger partial charge in [0.15, 0.2) is 0 Å². The molecule has 0 aromatic heterocycles. The molecule has 1 unspecified atom stereocenters. The Bertz CT molecular complexity index is 417. The summed E-state index contributed by atoms with van der Waals surface area (Å²) in [5.74, 6) is 3.31. The lowest BCUT2D eigenvalue weighted by Gasteiger charge is -2.21. The Morgan fingerprint density at radius 2 is 2.40 bits per heavy atom. The summed E-state index contributed by atoms with van der Waals surface area (Å²) in [6.07, 6.45) is 7.24. The lowest BCUT2D eigenvalue weighted by atomic mass is 9.92. The lowest BCUT2D eigenvalue weighted by molar-refractivity contribution is 0.0439. The van der Waals surface area contributed by atoms with Crippen LogP contribution < -0.4 is 4.74 Å². The van der Waals surface area contributed by atoms with Gasteiger partial charge in [0.2, 0.25) is 0 Å². The topological polar surface area (TPSA) is 29.5 Å². The molecular formula is C13H14O2. The Morgan fingerprint density at radius 3 is 3.07 bits per heavy atom. The van der Waals surface area contributed by atoms with Gasteiger partial charge < -0.3 is 9.84 Å². The second-order valence-corrected chi connectivity index (χ2v) is 3.94. The summed E-state index contributed by atoms with van der Waals surface area (Å²) < 4.78 is 5.15. The minimum atomic E-state index is -0.849. The fourth-order valence-electron chi connectivity index (χ4n) is 2.16. The highest BCUT2D eigenvalue weighted by atomic mass is 16.5. The minimum Gasteiger partial charge on any atom is -0.497 e. The van der Waals surface area contributed by atoms with E-state index in [1.54, 1.807) is 7.11 Å². The monoisotopic (exact) mass is 202 g/mol. The van der Waals surface area contributed by atoms with Crippen LogP contribution in [-0.4, -0.2) is 12.2 Å². The molecule has 15 heavy (non-hydrogen) atoms. The molecule has 0 fully saturated rings. The van der Waals surface area contributed by atoms with Gasteiger partial charge in [-0.25, -0.2) is 0 Å². The van der Waals surface area contributed by atoms with Gasteiger partial charge in [0, 0.05) is 6.42 Å². The molecule has 2 rings (SSSR count). The molecule has 0 amide bonds. The van der Waals surface area contributed by atoms with E-state index in [-0.39, 0.29) is 0 Å². The van der Waals surface area contributed by atoms with Crippen LogP contribution in [0.1, 0.15) is 24.0 Å². The first-order valence-electron chi connectivity index (χ1n) is 5.03. The lowest BCUT2D eigenvalue weighted by Crippen LogP contribution is -2.21. The summed E-state index contributed by atoms with van der Waals surface area (Å²) in [7, 11) is 1.62. The Morgan fingerprint density at radius 1 is 1.60 bits per heavy atom. The molecule has 1 N–H and O–H groups in total. The van der Waals surface area contributed by atoms with Crippen LogP contribution in [0.3, 0.4) is 0 Å². The van der Waals surface area contributed by atoms with Gasteiger partial charge in [-0.05, 0) is 36.1 Å². The molecule has 0 bridgehead atoms. The summed E-state index contributed by atoms with van der Waals surface area (Å²) in [6.45, 7) is 0. The average Bonchev–Trinajstić information content (AvgIpc) is 2.57. The van der Waals surface area contributed by atoms with E-state index in [0.29, 0.717) is 12.8 Å². The van der Waals surface area contributed by atoms with Gasteiger partial charge in [0.25, 0.3) is 0 Å². The van der Waals surface area contributed by atoms with Crippen LogP contribution >= 0.6 is 0 Å². The summed E-state index contributed by atoms with van der Waals surface area (Å²) in [6, 6.07) is 5.81. The van der Waals surface area contributed by atoms with Crippen molar-refractivity contribution in [2.75, 3.05) is 7.11 Å². The van der Waals surface area contributed by atoms with E-state index in [1.165, 1.54) is 5.56 Å². The van der Waals surface area contributed by atoms with E-state index in [4.69, 9.17) is 11.2 Å². The smallest absolute Gasteiger partial charge is 0.119 e. The molecule has 0 saturated carbocycles. The molecular weight excluding hydrogens is 188 g/mol. The van der Waals surface area contributed by atoms with Crippen LogP contribution in [0.2, 0.25) is 0 Å². The molecule has 1 aromatic rings. The van der Waals surface area contributed by atoms with Crippen LogP contribution in [0.25, 0.3) is 0 Å². The Hall–Kier alpha value is -1.46. The van der Waals surface area contributed by atoms with Crippen molar-refractivity contribution >= 4 is 0 Å². The molecule has 0 spiro atoms. The molecule has 1 atom stereocenters. The van der Waals surface area contributed by atoms with E-state index < -0.39 is 5.60 Å². The summed E-state index contributed by atoms with van der Waals surface area (Å²) in [5.41, 5.74) is 1.26. The van der Waals surface area contributed by atoms with Crippen LogP contribution in [-0.2, 0) is 12.0 Å². The summed E-state index contributed by atoms with van der Waals surface area (Å²) in [4.78, 5) is 0. The number of aryl methyl sites for hydroxylation is 1. The van der Waals surface area contributed by atoms with Crippen molar-refractivity contribution in [2.24, 2.45) is 0 Å². The molecule has 1 aliphatic carbocycles. The van der Waals surface area contributed by atoms with Crippen LogP contribution in [0, 0.1) is 12.3 Å². The highest BCUT2D eigenvalue weighted by molar-refractivity contribution is 5.43. The highest BCUT2D eigenvalue weighted by Crippen LogP contribution is 2.40. The van der Waals surface area contributed by atoms with Gasteiger partial charge >= 0.3 is 0 Å². The third kappa shape index (κ3) is 1.60. The van der Waals surface area contributed by atoms with Crippen molar-refractivity contribution in [3.63, 3.8) is 0 Å². The molecule has 2 heteroatoms. The normalized spacial score (nSPS) is 23.3. The number of methoxy groups -OCH3 is 1. The Kier molecular flexibility index (Phi) is 2.42. The van der Waals surface area contributed by atoms with E-state index in [2.05, 4.69) is 5.92 Å². The largest absolute Gasteiger partial charge is 0.497 e. The maximum Gasteiger partial charge on any atom is 0.119 e. The molecule has 1 aromatic carbocycles. The zero-order valence-electron chi connectivity index (χ0n) is 8.79. The second-order valence-electron chi connectivity index (χ2n) is 3.94. The predicted octanol–water partition coefficient (Wildman–Crippen LogP) is 1.85. The minimum absolute atomic E-state index is 0.368. The second kappa shape index (κ2) is 3.60. The number of hydrogen-bond donors (Lipinski definition) is 1. The molecule has 0 radical (unpaired) electrons. The van der Waals surface area contributed by atoms with Crippen molar-refractivity contribution in [3.05, 3.63) is 29.3 Å². The number of rotatable bonds is 2. The van der Waals surface area contributed by atoms with Gasteiger partial charge in [-0.15, -0.1) is 12.3 Å². The van der Waals surface area contributed by atoms with Crippen LogP contribution in [0.15, 0.2) is 18.2 Å². The maximum absolute atomic E-state index is 10.4. The average molecular weight is 202 g/mol. The first kappa shape index (κ1) is 10.1. The van der Waals surface area contributed by atoms with Gasteiger partial charge in [0.05, 0.1) is 7.11 Å². The van der Waals surface area contributed by atoms with Crippen LogP contribution in [0.5, 0.6) is 5.75 Å². The fraction of sp³-hybridized carbons (Fsp3) is 0.385. The SMILES string of the molecule is C#CCC1(O)CCc2ccc(OC)cc21. The first-order chi connectivity index (χ1) is 7.19. The highest BCUT2D eigenvalue weighted by Gasteiger charge is 2.36. The standard InChI is InChI=1S/C13H14O2/c1-3-7-13(14)8-6-10-4-5-11(15-2)9-12(10)13/h1,4-5,9,14H,6-8H2,2H3. The zero-order chi connectivity index (χ0) is 10.9. The Labute approximate surface area is 89.9 Å². The third-order valence-corrected chi connectivity index (χ3v) is 3.02. The molecule has 0 aliphatic heterocycles. The quantitative estimate of drug-likeness (QED) is 0.742. The number of benzene rings is 1. The number of ether oxygens (including phenoxy) is 1. The van der Waals surface area contributed by atoms with Crippen molar-refractivity contribution in [1.82, 2.24) is 0 Å². The van der Waals surface area contributed by atoms with Crippen molar-refractivity contribution in [1.29, 1.82) is 0 Å². The fourth-order valence-corrected chi connectivity index (χ4v) is 2.16. The molecule has 78 valence electrons. The van der Waals surface area contributed by atoms with Crippen molar-refractivity contribution in [2.45, 2.75) is 24.9 Å². The van der Waals surface area contributed by atoms with E-state index in [0.717, 1.165) is 17.7 Å². The van der Waals surface area contributed by atoms with Crippen molar-refractivity contribution in [3.8, 4) is 18.1 Å². The van der Waals surface area contributed by atoms with E-state index in [1.807, 2.05) is 18.2 Å². The number of terminal acetylenes is 1. The molecule has 1 aliphatic rings. The molecule has 0 saturated heterocycles. The first-order valence-corrected chi connectivity index (χ1v) is 5.03. The molecule has 2 nitrogen and oxygen atoms in total. The van der Waals surface area contributed by atoms with E-state index >= 15 is 0 Å². The molecule has 0 heterocycles. The van der Waals surface area contributed by atoms with Crippen molar-refractivity contribution < 1.29 is 9.84 Å². The summed E-state index contributed by atoms with van der Waals surface area (Å²) in [5, 5.41) is 10.4. The van der Waals surface area contributed by atoms with Crippen LogP contribution in [0.4, 0.5) is 0 Å². The van der Waals surface area contributed by atoms with Gasteiger partial charge in [0.1, 0.15) is 11.4 Å². The summed E-state index contributed by atoms with van der Waals surface area (Å²) >= 11 is 0. The zero-order valence-corrected chi connectivity index (χ0v) is 8.79. The Balaban J connectivity index is 2.44. The number of hydrogen-bond acceptors (Lipinski definition) is 2. The van der Waals surface area contributed by atoms with Gasteiger partial charge in [-0.3, -0.25) is 0 Å².